The van der Waals surface area contributed by atoms with Gasteiger partial charge in [-0.3, -0.25) is 4.90 Å². The van der Waals surface area contributed by atoms with Crippen LogP contribution in [-0.2, 0) is 13.0 Å². The summed E-state index contributed by atoms with van der Waals surface area (Å²) in [4.78, 5) is 2.66. The lowest BCUT2D eigenvalue weighted by atomic mass is 9.88. The Morgan fingerprint density at radius 1 is 1.29 bits per heavy atom. The number of fused-ring (bicyclic) bond motifs is 2. The van der Waals surface area contributed by atoms with Gasteiger partial charge >= 0.3 is 0 Å². The van der Waals surface area contributed by atoms with Crippen molar-refractivity contribution in [3.63, 3.8) is 0 Å². The lowest BCUT2D eigenvalue weighted by molar-refractivity contribution is 0.127. The van der Waals surface area contributed by atoms with Gasteiger partial charge in [0.1, 0.15) is 5.75 Å². The topological polar surface area (TPSA) is 12.5 Å². The first-order chi connectivity index (χ1) is 8.28. The Morgan fingerprint density at radius 3 is 3.00 bits per heavy atom. The van der Waals surface area contributed by atoms with Crippen LogP contribution in [0.3, 0.4) is 0 Å². The molecular formula is C14H18INO. The Bertz CT molecular complexity index is 432. The standard InChI is InChI=1S/C14H18INO/c1-17-14-8-10-6-12-4-2-3-5-16(12)9-11(10)7-13(14)15/h7-8,12H,2-6,9H2,1H3. The van der Waals surface area contributed by atoms with Crippen LogP contribution >= 0.6 is 22.6 Å². The molecule has 1 atom stereocenters. The fraction of sp³-hybridized carbons (Fsp3) is 0.571. The van der Waals surface area contributed by atoms with E-state index in [0.29, 0.717) is 0 Å². The molecule has 3 rings (SSSR count). The summed E-state index contributed by atoms with van der Waals surface area (Å²) >= 11 is 2.37. The first kappa shape index (κ1) is 11.8. The molecule has 1 unspecified atom stereocenters. The molecule has 2 nitrogen and oxygen atoms in total. The summed E-state index contributed by atoms with van der Waals surface area (Å²) < 4.78 is 6.66. The van der Waals surface area contributed by atoms with E-state index >= 15 is 0 Å². The van der Waals surface area contributed by atoms with E-state index in [1.807, 2.05) is 0 Å². The molecule has 92 valence electrons. The van der Waals surface area contributed by atoms with Crippen molar-refractivity contribution in [1.82, 2.24) is 4.90 Å². The molecule has 0 N–H and O–H groups in total. The van der Waals surface area contributed by atoms with E-state index in [2.05, 4.69) is 39.6 Å². The van der Waals surface area contributed by atoms with Crippen LogP contribution in [0.25, 0.3) is 0 Å². The number of methoxy groups -OCH3 is 1. The molecule has 0 radical (unpaired) electrons. The predicted octanol–water partition coefficient (Wildman–Crippen LogP) is 3.21. The smallest absolute Gasteiger partial charge is 0.132 e. The number of nitrogens with zero attached hydrogens (tertiary/aromatic N) is 1. The summed E-state index contributed by atoms with van der Waals surface area (Å²) in [5.74, 6) is 1.04. The summed E-state index contributed by atoms with van der Waals surface area (Å²) in [6, 6.07) is 5.34. The molecule has 0 saturated carbocycles. The molecule has 1 aromatic rings. The van der Waals surface area contributed by atoms with Gasteiger partial charge in [-0.1, -0.05) is 6.42 Å². The molecule has 2 aliphatic heterocycles. The number of rotatable bonds is 1. The number of ether oxygens (including phenoxy) is 1. The van der Waals surface area contributed by atoms with Crippen molar-refractivity contribution in [2.24, 2.45) is 0 Å². The SMILES string of the molecule is COc1cc2c(cc1I)CN1CCCCC1C2. The van der Waals surface area contributed by atoms with Crippen LogP contribution in [0, 0.1) is 3.57 Å². The number of hydrogen-bond acceptors (Lipinski definition) is 2. The zero-order valence-electron chi connectivity index (χ0n) is 10.2. The molecule has 2 heterocycles. The fourth-order valence-corrected chi connectivity index (χ4v) is 3.85. The molecule has 3 heteroatoms. The van der Waals surface area contributed by atoms with Crippen LogP contribution in [0.1, 0.15) is 30.4 Å². The Morgan fingerprint density at radius 2 is 2.18 bits per heavy atom. The fourth-order valence-electron chi connectivity index (χ4n) is 3.10. The van der Waals surface area contributed by atoms with Crippen molar-refractivity contribution < 1.29 is 4.74 Å². The van der Waals surface area contributed by atoms with Gasteiger partial charge in [0.25, 0.3) is 0 Å². The highest BCUT2D eigenvalue weighted by Gasteiger charge is 2.28. The van der Waals surface area contributed by atoms with Crippen molar-refractivity contribution >= 4 is 22.6 Å². The third kappa shape index (κ3) is 2.19. The van der Waals surface area contributed by atoms with Gasteiger partial charge in [0.2, 0.25) is 0 Å². The second-order valence-electron chi connectivity index (χ2n) is 5.08. The van der Waals surface area contributed by atoms with E-state index in [-0.39, 0.29) is 0 Å². The Balaban J connectivity index is 1.94. The maximum absolute atomic E-state index is 5.43. The minimum atomic E-state index is 0.779. The molecule has 0 aromatic heterocycles. The quantitative estimate of drug-likeness (QED) is 0.726. The molecule has 0 amide bonds. The first-order valence-corrected chi connectivity index (χ1v) is 7.45. The van der Waals surface area contributed by atoms with Crippen molar-refractivity contribution in [2.75, 3.05) is 13.7 Å². The van der Waals surface area contributed by atoms with E-state index in [0.717, 1.165) is 18.3 Å². The Hall–Kier alpha value is -0.290. The lowest BCUT2D eigenvalue weighted by Gasteiger charge is -2.40. The van der Waals surface area contributed by atoms with E-state index in [4.69, 9.17) is 4.74 Å². The largest absolute Gasteiger partial charge is 0.496 e. The van der Waals surface area contributed by atoms with Crippen LogP contribution in [-0.4, -0.2) is 24.6 Å². The predicted molar refractivity (Wildman–Crippen MR) is 77.5 cm³/mol. The van der Waals surface area contributed by atoms with Crippen molar-refractivity contribution in [2.45, 2.75) is 38.3 Å². The monoisotopic (exact) mass is 343 g/mol. The normalized spacial score (nSPS) is 24.0. The van der Waals surface area contributed by atoms with Gasteiger partial charge in [-0.05, 0) is 71.7 Å². The zero-order valence-corrected chi connectivity index (χ0v) is 12.4. The van der Waals surface area contributed by atoms with E-state index in [1.165, 1.54) is 46.9 Å². The molecule has 1 aromatic carbocycles. The van der Waals surface area contributed by atoms with Crippen molar-refractivity contribution in [3.05, 3.63) is 26.8 Å². The third-order valence-electron chi connectivity index (χ3n) is 4.05. The van der Waals surface area contributed by atoms with E-state index < -0.39 is 0 Å². The minimum absolute atomic E-state index is 0.779. The molecular weight excluding hydrogens is 325 g/mol. The highest BCUT2D eigenvalue weighted by Crippen LogP contribution is 2.33. The number of piperidine rings is 1. The number of benzene rings is 1. The number of hydrogen-bond donors (Lipinski definition) is 0. The lowest BCUT2D eigenvalue weighted by Crippen LogP contribution is -2.43. The van der Waals surface area contributed by atoms with Crippen molar-refractivity contribution in [3.8, 4) is 5.75 Å². The van der Waals surface area contributed by atoms with Gasteiger partial charge in [-0.25, -0.2) is 0 Å². The molecule has 0 bridgehead atoms. The van der Waals surface area contributed by atoms with Crippen LogP contribution in [0.2, 0.25) is 0 Å². The summed E-state index contributed by atoms with van der Waals surface area (Å²) in [7, 11) is 1.76. The summed E-state index contributed by atoms with van der Waals surface area (Å²) in [6.07, 6.45) is 5.35. The molecule has 0 aliphatic carbocycles. The average molecular weight is 343 g/mol. The summed E-state index contributed by atoms with van der Waals surface area (Å²) in [5, 5.41) is 0. The highest BCUT2D eigenvalue weighted by molar-refractivity contribution is 14.1. The van der Waals surface area contributed by atoms with Crippen molar-refractivity contribution in [1.29, 1.82) is 0 Å². The van der Waals surface area contributed by atoms with E-state index in [1.54, 1.807) is 7.11 Å². The zero-order chi connectivity index (χ0) is 11.8. The highest BCUT2D eigenvalue weighted by atomic mass is 127. The van der Waals surface area contributed by atoms with Gasteiger partial charge in [0.15, 0.2) is 0 Å². The molecule has 1 saturated heterocycles. The van der Waals surface area contributed by atoms with Crippen LogP contribution < -0.4 is 4.74 Å². The first-order valence-electron chi connectivity index (χ1n) is 6.37. The molecule has 2 aliphatic rings. The van der Waals surface area contributed by atoms with E-state index in [9.17, 15) is 0 Å². The molecule has 17 heavy (non-hydrogen) atoms. The summed E-state index contributed by atoms with van der Waals surface area (Å²) in [5.41, 5.74) is 3.01. The number of halogens is 1. The van der Waals surface area contributed by atoms with Gasteiger partial charge < -0.3 is 4.74 Å². The maximum Gasteiger partial charge on any atom is 0.132 e. The van der Waals surface area contributed by atoms with Gasteiger partial charge in [-0.2, -0.15) is 0 Å². The molecule has 0 spiro atoms. The van der Waals surface area contributed by atoms with Crippen LogP contribution in [0.5, 0.6) is 5.75 Å². The second-order valence-corrected chi connectivity index (χ2v) is 6.24. The second kappa shape index (κ2) is 4.76. The maximum atomic E-state index is 5.43. The Kier molecular flexibility index (Phi) is 3.30. The van der Waals surface area contributed by atoms with Gasteiger partial charge in [-0.15, -0.1) is 0 Å². The molecule has 1 fully saturated rings. The van der Waals surface area contributed by atoms with Crippen LogP contribution in [0.15, 0.2) is 12.1 Å². The third-order valence-corrected chi connectivity index (χ3v) is 4.90. The minimum Gasteiger partial charge on any atom is -0.496 e. The van der Waals surface area contributed by atoms with Gasteiger partial charge in [0, 0.05) is 12.6 Å². The average Bonchev–Trinajstić information content (AvgIpc) is 2.35. The Labute approximate surface area is 116 Å². The summed E-state index contributed by atoms with van der Waals surface area (Å²) in [6.45, 7) is 2.42. The van der Waals surface area contributed by atoms with Gasteiger partial charge in [0.05, 0.1) is 10.7 Å². The van der Waals surface area contributed by atoms with Crippen LogP contribution in [0.4, 0.5) is 0 Å².